The van der Waals surface area contributed by atoms with Gasteiger partial charge in [0.2, 0.25) is 0 Å². The number of methoxy groups -OCH3 is 1. The normalized spacial score (nSPS) is 12.2. The Hall–Kier alpha value is -1.46. The average Bonchev–Trinajstić information content (AvgIpc) is 2.47. The van der Waals surface area contributed by atoms with E-state index in [0.717, 1.165) is 18.4 Å². The number of ether oxygens (including phenoxy) is 3. The third-order valence-corrected chi connectivity index (χ3v) is 2.87. The number of carbonyl (C=O) groups is 1. The van der Waals surface area contributed by atoms with E-state index in [1.165, 1.54) is 19.2 Å². The Bertz CT molecular complexity index is 391. The Morgan fingerprint density at radius 1 is 1.30 bits per heavy atom. The zero-order valence-electron chi connectivity index (χ0n) is 11.9. The van der Waals surface area contributed by atoms with Crippen molar-refractivity contribution in [2.75, 3.05) is 20.5 Å². The number of hydrogen-bond donors (Lipinski definition) is 0. The Morgan fingerprint density at radius 3 is 2.60 bits per heavy atom. The van der Waals surface area contributed by atoms with Crippen molar-refractivity contribution in [1.82, 2.24) is 0 Å². The fourth-order valence-corrected chi connectivity index (χ4v) is 1.76. The molecule has 1 atom stereocenters. The van der Waals surface area contributed by atoms with E-state index in [4.69, 9.17) is 14.2 Å². The molecule has 0 N–H and O–H groups in total. The predicted octanol–water partition coefficient (Wildman–Crippen LogP) is 2.70. The number of aryl methyl sites for hydroxylation is 1. The molecule has 0 bridgehead atoms. The molecule has 112 valence electrons. The Balaban J connectivity index is 2.37. The van der Waals surface area contributed by atoms with E-state index >= 15 is 0 Å². The minimum atomic E-state index is -0.619. The molecule has 0 saturated carbocycles. The largest absolute Gasteiger partial charge is 0.467 e. The Morgan fingerprint density at radius 2 is 2.00 bits per heavy atom. The maximum absolute atomic E-state index is 12.8. The monoisotopic (exact) mass is 284 g/mol. The molecule has 4 nitrogen and oxygen atoms in total. The highest BCUT2D eigenvalue weighted by Crippen LogP contribution is 2.11. The van der Waals surface area contributed by atoms with Crippen LogP contribution in [0.3, 0.4) is 0 Å². The molecule has 0 aliphatic rings. The van der Waals surface area contributed by atoms with Gasteiger partial charge >= 0.3 is 5.97 Å². The van der Waals surface area contributed by atoms with Gasteiger partial charge in [-0.2, -0.15) is 0 Å². The van der Waals surface area contributed by atoms with Gasteiger partial charge in [0.15, 0.2) is 6.10 Å². The number of hydrogen-bond acceptors (Lipinski definition) is 4. The lowest BCUT2D eigenvalue weighted by Crippen LogP contribution is -2.27. The van der Waals surface area contributed by atoms with Gasteiger partial charge in [-0.3, -0.25) is 0 Å². The van der Waals surface area contributed by atoms with Crippen LogP contribution in [-0.2, 0) is 25.4 Å². The molecule has 0 aromatic heterocycles. The van der Waals surface area contributed by atoms with Crippen LogP contribution in [-0.4, -0.2) is 32.6 Å². The maximum Gasteiger partial charge on any atom is 0.335 e. The first-order valence-corrected chi connectivity index (χ1v) is 6.69. The molecule has 0 saturated heterocycles. The molecule has 5 heteroatoms. The fraction of sp³-hybridized carbons (Fsp3) is 0.533. The lowest BCUT2D eigenvalue weighted by atomic mass is 10.1. The van der Waals surface area contributed by atoms with Gasteiger partial charge in [-0.05, 0) is 43.9 Å². The van der Waals surface area contributed by atoms with Gasteiger partial charge in [0.1, 0.15) is 12.6 Å². The van der Waals surface area contributed by atoms with E-state index in [1.54, 1.807) is 12.1 Å². The van der Waals surface area contributed by atoms with Gasteiger partial charge in [0.05, 0.1) is 7.11 Å². The molecule has 0 fully saturated rings. The van der Waals surface area contributed by atoms with Crippen LogP contribution >= 0.6 is 0 Å². The van der Waals surface area contributed by atoms with Gasteiger partial charge in [-0.15, -0.1) is 0 Å². The van der Waals surface area contributed by atoms with Gasteiger partial charge in [-0.25, -0.2) is 9.18 Å². The third kappa shape index (κ3) is 6.12. The summed E-state index contributed by atoms with van der Waals surface area (Å²) in [7, 11) is 1.33. The van der Waals surface area contributed by atoms with Crippen molar-refractivity contribution < 1.29 is 23.4 Å². The van der Waals surface area contributed by atoms with Crippen LogP contribution in [0.25, 0.3) is 0 Å². The number of carbonyl (C=O) groups excluding carboxylic acids is 1. The highest BCUT2D eigenvalue weighted by molar-refractivity contribution is 5.74. The van der Waals surface area contributed by atoms with E-state index in [1.807, 2.05) is 6.92 Å². The van der Waals surface area contributed by atoms with Crippen molar-refractivity contribution in [2.24, 2.45) is 0 Å². The van der Waals surface area contributed by atoms with Crippen molar-refractivity contribution in [2.45, 2.75) is 32.3 Å². The second-order valence-electron chi connectivity index (χ2n) is 4.31. The molecule has 1 aromatic rings. The summed E-state index contributed by atoms with van der Waals surface area (Å²) in [5.74, 6) is -0.648. The SMILES string of the molecule is CCOCO[C@@H](CCCc1ccc(F)cc1)C(=O)OC. The van der Waals surface area contributed by atoms with Crippen molar-refractivity contribution in [3.8, 4) is 0 Å². The second kappa shape index (κ2) is 9.44. The molecule has 0 amide bonds. The van der Waals surface area contributed by atoms with Crippen molar-refractivity contribution in [3.63, 3.8) is 0 Å². The third-order valence-electron chi connectivity index (χ3n) is 2.87. The minimum absolute atomic E-state index is 0.0762. The molecule has 0 radical (unpaired) electrons. The maximum atomic E-state index is 12.8. The predicted molar refractivity (Wildman–Crippen MR) is 72.7 cm³/mol. The van der Waals surface area contributed by atoms with E-state index in [0.29, 0.717) is 13.0 Å². The topological polar surface area (TPSA) is 44.8 Å². The van der Waals surface area contributed by atoms with Crippen molar-refractivity contribution in [3.05, 3.63) is 35.6 Å². The molecule has 0 aliphatic heterocycles. The molecule has 0 unspecified atom stereocenters. The van der Waals surface area contributed by atoms with Crippen LogP contribution in [0.1, 0.15) is 25.3 Å². The molecule has 1 rings (SSSR count). The molecular weight excluding hydrogens is 263 g/mol. The van der Waals surface area contributed by atoms with Crippen molar-refractivity contribution >= 4 is 5.97 Å². The zero-order valence-corrected chi connectivity index (χ0v) is 11.9. The summed E-state index contributed by atoms with van der Waals surface area (Å²) >= 11 is 0. The number of halogens is 1. The molecule has 1 aromatic carbocycles. The summed E-state index contributed by atoms with van der Waals surface area (Å²) in [5, 5.41) is 0. The quantitative estimate of drug-likeness (QED) is 0.397. The van der Waals surface area contributed by atoms with Crippen LogP contribution in [0, 0.1) is 5.82 Å². The lowest BCUT2D eigenvalue weighted by Gasteiger charge is -2.15. The summed E-state index contributed by atoms with van der Waals surface area (Å²) < 4.78 is 27.9. The molecule has 0 spiro atoms. The number of rotatable bonds is 9. The summed E-state index contributed by atoms with van der Waals surface area (Å²) in [6, 6.07) is 6.34. The van der Waals surface area contributed by atoms with Gasteiger partial charge in [-0.1, -0.05) is 12.1 Å². The zero-order chi connectivity index (χ0) is 14.8. The summed E-state index contributed by atoms with van der Waals surface area (Å²) in [5.41, 5.74) is 1.03. The van der Waals surface area contributed by atoms with E-state index < -0.39 is 12.1 Å². The van der Waals surface area contributed by atoms with Crippen LogP contribution in [0.15, 0.2) is 24.3 Å². The summed E-state index contributed by atoms with van der Waals surface area (Å²) in [4.78, 5) is 11.5. The molecular formula is C15H21FO4. The van der Waals surface area contributed by atoms with Gasteiger partial charge < -0.3 is 14.2 Å². The van der Waals surface area contributed by atoms with E-state index in [2.05, 4.69) is 0 Å². The number of benzene rings is 1. The molecule has 0 aliphatic carbocycles. The summed E-state index contributed by atoms with van der Waals surface area (Å²) in [6.45, 7) is 2.46. The lowest BCUT2D eigenvalue weighted by molar-refractivity contribution is -0.164. The average molecular weight is 284 g/mol. The smallest absolute Gasteiger partial charge is 0.335 e. The highest BCUT2D eigenvalue weighted by atomic mass is 19.1. The van der Waals surface area contributed by atoms with E-state index in [9.17, 15) is 9.18 Å². The van der Waals surface area contributed by atoms with Gasteiger partial charge in [0.25, 0.3) is 0 Å². The first kappa shape index (κ1) is 16.6. The second-order valence-corrected chi connectivity index (χ2v) is 4.31. The highest BCUT2D eigenvalue weighted by Gasteiger charge is 2.19. The Labute approximate surface area is 118 Å². The van der Waals surface area contributed by atoms with Crippen molar-refractivity contribution in [1.29, 1.82) is 0 Å². The van der Waals surface area contributed by atoms with Gasteiger partial charge in [0, 0.05) is 6.61 Å². The molecule has 20 heavy (non-hydrogen) atoms. The first-order chi connectivity index (χ1) is 9.67. The van der Waals surface area contributed by atoms with Crippen LogP contribution in [0.2, 0.25) is 0 Å². The van der Waals surface area contributed by atoms with Crippen LogP contribution in [0.4, 0.5) is 4.39 Å². The standard InChI is InChI=1S/C15H21FO4/c1-3-19-11-20-14(15(17)18-2)6-4-5-12-7-9-13(16)10-8-12/h7-10,14H,3-6,11H2,1-2H3/t14-/m0/s1. The first-order valence-electron chi connectivity index (χ1n) is 6.69. The minimum Gasteiger partial charge on any atom is -0.467 e. The molecule has 0 heterocycles. The van der Waals surface area contributed by atoms with Crippen LogP contribution < -0.4 is 0 Å². The summed E-state index contributed by atoms with van der Waals surface area (Å²) in [6.07, 6.45) is 1.42. The fourth-order valence-electron chi connectivity index (χ4n) is 1.76. The van der Waals surface area contributed by atoms with Crippen LogP contribution in [0.5, 0.6) is 0 Å². The Kier molecular flexibility index (Phi) is 7.84. The number of esters is 1. The van der Waals surface area contributed by atoms with E-state index in [-0.39, 0.29) is 12.6 Å².